The van der Waals surface area contributed by atoms with Gasteiger partial charge in [-0.25, -0.2) is 0 Å². The topological polar surface area (TPSA) is 69.0 Å². The number of para-hydroxylation sites is 2. The van der Waals surface area contributed by atoms with Gasteiger partial charge in [-0.2, -0.15) is 0 Å². The zero-order valence-corrected chi connectivity index (χ0v) is 14.1. The van der Waals surface area contributed by atoms with E-state index in [9.17, 15) is 9.59 Å². The number of hydrogen-bond acceptors (Lipinski definition) is 2. The molecule has 2 N–H and O–H groups in total. The van der Waals surface area contributed by atoms with Gasteiger partial charge in [-0.05, 0) is 12.1 Å². The summed E-state index contributed by atoms with van der Waals surface area (Å²) in [7, 11) is 0. The Hall–Kier alpha value is -3.34. The quantitative estimate of drug-likeness (QED) is 0.557. The smallest absolute Gasteiger partial charge is 0.255 e. The Morgan fingerprint density at radius 2 is 1.62 bits per heavy atom. The Kier molecular flexibility index (Phi) is 3.22. The molecule has 3 heterocycles. The highest BCUT2D eigenvalue weighted by atomic mass is 16.2. The van der Waals surface area contributed by atoms with Crippen molar-refractivity contribution in [3.8, 4) is 0 Å². The molecule has 0 atom stereocenters. The molecule has 1 amide bonds. The van der Waals surface area contributed by atoms with Crippen LogP contribution < -0.4 is 5.56 Å². The number of pyridine rings is 1. The van der Waals surface area contributed by atoms with E-state index in [-0.39, 0.29) is 11.5 Å². The van der Waals surface area contributed by atoms with E-state index in [2.05, 4.69) is 22.1 Å². The van der Waals surface area contributed by atoms with Crippen LogP contribution in [0.5, 0.6) is 0 Å². The third-order valence-electron chi connectivity index (χ3n) is 5.15. The van der Waals surface area contributed by atoms with Gasteiger partial charge in [0.05, 0.1) is 5.56 Å². The average Bonchev–Trinajstić information content (AvgIpc) is 3.04. The van der Waals surface area contributed by atoms with Crippen molar-refractivity contribution in [2.24, 2.45) is 0 Å². The van der Waals surface area contributed by atoms with Crippen LogP contribution in [0.1, 0.15) is 21.6 Å². The van der Waals surface area contributed by atoms with E-state index < -0.39 is 0 Å². The molecule has 2 aromatic heterocycles. The fourth-order valence-electron chi connectivity index (χ4n) is 3.89. The van der Waals surface area contributed by atoms with Gasteiger partial charge in [0.2, 0.25) is 5.56 Å². The molecule has 1 aliphatic rings. The van der Waals surface area contributed by atoms with Gasteiger partial charge in [0.1, 0.15) is 0 Å². The second-order valence-electron chi connectivity index (χ2n) is 6.70. The molecular formula is C21H17N3O2. The summed E-state index contributed by atoms with van der Waals surface area (Å²) >= 11 is 0. The highest BCUT2D eigenvalue weighted by Gasteiger charge is 2.26. The first-order valence-electron chi connectivity index (χ1n) is 8.70. The molecule has 4 aromatic rings. The van der Waals surface area contributed by atoms with Gasteiger partial charge in [0.25, 0.3) is 5.91 Å². The van der Waals surface area contributed by atoms with E-state index in [0.29, 0.717) is 24.2 Å². The molecule has 5 heteroatoms. The number of H-pyrrole nitrogens is 2. The molecule has 5 nitrogen and oxygen atoms in total. The number of hydrogen-bond donors (Lipinski definition) is 2. The first-order valence-corrected chi connectivity index (χ1v) is 8.70. The second kappa shape index (κ2) is 5.59. The van der Waals surface area contributed by atoms with Gasteiger partial charge in [0.15, 0.2) is 0 Å². The van der Waals surface area contributed by atoms with Crippen molar-refractivity contribution < 1.29 is 4.79 Å². The van der Waals surface area contributed by atoms with Crippen LogP contribution in [0.25, 0.3) is 21.8 Å². The summed E-state index contributed by atoms with van der Waals surface area (Å²) in [5.74, 6) is -0.0942. The normalized spacial score (nSPS) is 13.9. The van der Waals surface area contributed by atoms with Crippen molar-refractivity contribution in [1.82, 2.24) is 14.9 Å². The van der Waals surface area contributed by atoms with Crippen molar-refractivity contribution in [3.05, 3.63) is 81.8 Å². The van der Waals surface area contributed by atoms with Gasteiger partial charge in [-0.1, -0.05) is 36.4 Å². The number of aromatic nitrogens is 2. The van der Waals surface area contributed by atoms with Gasteiger partial charge in [-0.15, -0.1) is 0 Å². The lowest BCUT2D eigenvalue weighted by molar-refractivity contribution is 0.0737. The molecule has 0 aliphatic carbocycles. The van der Waals surface area contributed by atoms with E-state index in [1.165, 1.54) is 17.3 Å². The SMILES string of the molecule is O=C(c1cc(=O)[nH]c2ccccc12)N1CCc2[nH]c3ccccc3c2C1. The van der Waals surface area contributed by atoms with Crippen LogP contribution in [0, 0.1) is 0 Å². The van der Waals surface area contributed by atoms with Gasteiger partial charge >= 0.3 is 0 Å². The zero-order chi connectivity index (χ0) is 17.7. The fourth-order valence-corrected chi connectivity index (χ4v) is 3.89. The second-order valence-corrected chi connectivity index (χ2v) is 6.70. The zero-order valence-electron chi connectivity index (χ0n) is 14.1. The van der Waals surface area contributed by atoms with Crippen LogP contribution in [0.2, 0.25) is 0 Å². The maximum absolute atomic E-state index is 13.2. The molecule has 0 radical (unpaired) electrons. The predicted molar refractivity (Wildman–Crippen MR) is 101 cm³/mol. The molecule has 0 fully saturated rings. The molecule has 128 valence electrons. The van der Waals surface area contributed by atoms with Gasteiger partial charge < -0.3 is 14.9 Å². The van der Waals surface area contributed by atoms with Crippen LogP contribution in [-0.2, 0) is 13.0 Å². The summed E-state index contributed by atoms with van der Waals surface area (Å²) in [6.07, 6.45) is 0.789. The van der Waals surface area contributed by atoms with Crippen molar-refractivity contribution in [1.29, 1.82) is 0 Å². The molecule has 0 spiro atoms. The number of fused-ring (bicyclic) bond motifs is 4. The summed E-state index contributed by atoms with van der Waals surface area (Å²) in [4.78, 5) is 33.3. The van der Waals surface area contributed by atoms with Crippen LogP contribution in [0.4, 0.5) is 0 Å². The minimum Gasteiger partial charge on any atom is -0.358 e. The average molecular weight is 343 g/mol. The molecular weight excluding hydrogens is 326 g/mol. The van der Waals surface area contributed by atoms with Crippen LogP contribution >= 0.6 is 0 Å². The summed E-state index contributed by atoms with van der Waals surface area (Å²) in [5.41, 5.74) is 4.38. The first-order chi connectivity index (χ1) is 12.7. The van der Waals surface area contributed by atoms with E-state index in [1.54, 1.807) is 0 Å². The minimum atomic E-state index is -0.253. The molecule has 26 heavy (non-hydrogen) atoms. The Labute approximate surface area is 149 Å². The van der Waals surface area contributed by atoms with E-state index in [4.69, 9.17) is 0 Å². The Morgan fingerprint density at radius 1 is 0.923 bits per heavy atom. The van der Waals surface area contributed by atoms with Crippen LogP contribution in [0.3, 0.4) is 0 Å². The number of rotatable bonds is 1. The molecule has 0 saturated carbocycles. The minimum absolute atomic E-state index is 0.0942. The first kappa shape index (κ1) is 15.0. The number of nitrogens with zero attached hydrogens (tertiary/aromatic N) is 1. The standard InChI is InChI=1S/C21H17N3O2/c25-20-11-15(13-5-1-4-8-18(13)23-20)21(26)24-10-9-19-16(12-24)14-6-2-3-7-17(14)22-19/h1-8,11,22H,9-10,12H2,(H,23,25). The number of carbonyl (C=O) groups excluding carboxylic acids is 1. The predicted octanol–water partition coefficient (Wildman–Crippen LogP) is 3.21. The van der Waals surface area contributed by atoms with Crippen molar-refractivity contribution in [3.63, 3.8) is 0 Å². The summed E-state index contributed by atoms with van der Waals surface area (Å²) in [5, 5.41) is 1.94. The lowest BCUT2D eigenvalue weighted by Crippen LogP contribution is -2.36. The highest BCUT2D eigenvalue weighted by molar-refractivity contribution is 6.06. The third-order valence-corrected chi connectivity index (χ3v) is 5.15. The Balaban J connectivity index is 1.58. The number of aromatic amines is 2. The monoisotopic (exact) mass is 343 g/mol. The molecule has 0 bridgehead atoms. The highest BCUT2D eigenvalue weighted by Crippen LogP contribution is 2.28. The fraction of sp³-hybridized carbons (Fsp3) is 0.143. The number of amides is 1. The number of carbonyl (C=O) groups is 1. The van der Waals surface area contributed by atoms with Gasteiger partial charge in [-0.3, -0.25) is 9.59 Å². The van der Waals surface area contributed by atoms with Gasteiger partial charge in [0, 0.05) is 58.6 Å². The lowest BCUT2D eigenvalue weighted by atomic mass is 10.0. The molecule has 1 aliphatic heterocycles. The van der Waals surface area contributed by atoms with Crippen LogP contribution in [-0.4, -0.2) is 27.3 Å². The molecule has 2 aromatic carbocycles. The number of nitrogens with one attached hydrogen (secondary N) is 2. The summed E-state index contributed by atoms with van der Waals surface area (Å²) < 4.78 is 0. The molecule has 0 saturated heterocycles. The lowest BCUT2D eigenvalue weighted by Gasteiger charge is -2.27. The number of benzene rings is 2. The van der Waals surface area contributed by atoms with Crippen molar-refractivity contribution in [2.45, 2.75) is 13.0 Å². The Bertz CT molecular complexity index is 1220. The summed E-state index contributed by atoms with van der Waals surface area (Å²) in [6, 6.07) is 17.0. The maximum Gasteiger partial charge on any atom is 0.255 e. The maximum atomic E-state index is 13.2. The van der Waals surface area contributed by atoms with E-state index in [0.717, 1.165) is 22.7 Å². The summed E-state index contributed by atoms with van der Waals surface area (Å²) in [6.45, 7) is 1.19. The largest absolute Gasteiger partial charge is 0.358 e. The van der Waals surface area contributed by atoms with E-state index >= 15 is 0 Å². The molecule has 5 rings (SSSR count). The molecule has 0 unspecified atom stereocenters. The van der Waals surface area contributed by atoms with Crippen molar-refractivity contribution >= 4 is 27.7 Å². The van der Waals surface area contributed by atoms with Crippen LogP contribution in [0.15, 0.2) is 59.4 Å². The van der Waals surface area contributed by atoms with Crippen molar-refractivity contribution in [2.75, 3.05) is 6.54 Å². The third kappa shape index (κ3) is 2.24. The van der Waals surface area contributed by atoms with E-state index in [1.807, 2.05) is 41.3 Å². The Morgan fingerprint density at radius 3 is 2.42 bits per heavy atom.